The minimum Gasteiger partial charge on any atom is -0.495 e. The van der Waals surface area contributed by atoms with Gasteiger partial charge >= 0.3 is 0 Å². The van der Waals surface area contributed by atoms with Crippen LogP contribution in [0.3, 0.4) is 0 Å². The van der Waals surface area contributed by atoms with Crippen molar-refractivity contribution >= 4 is 39.1 Å². The number of carbonyl (C=O) groups is 1. The summed E-state index contributed by atoms with van der Waals surface area (Å²) >= 11 is 9.50. The summed E-state index contributed by atoms with van der Waals surface area (Å²) < 4.78 is 7.81. The van der Waals surface area contributed by atoms with Crippen LogP contribution in [0.15, 0.2) is 53.1 Å². The van der Waals surface area contributed by atoms with E-state index in [4.69, 9.17) is 16.3 Å². The van der Waals surface area contributed by atoms with E-state index in [1.54, 1.807) is 36.2 Å². The summed E-state index contributed by atoms with van der Waals surface area (Å²) in [5.41, 5.74) is 2.72. The Kier molecular flexibility index (Phi) is 5.11. The molecule has 0 saturated heterocycles. The molecule has 3 aromatic rings. The first kappa shape index (κ1) is 17.5. The number of nitrogens with zero attached hydrogens (tertiary/aromatic N) is 2. The predicted molar refractivity (Wildman–Crippen MR) is 102 cm³/mol. The number of ether oxygens (including phenoxy) is 1. The molecule has 0 unspecified atom stereocenters. The molecule has 0 aliphatic rings. The quantitative estimate of drug-likeness (QED) is 0.656. The number of rotatable bonds is 4. The average Bonchev–Trinajstić information content (AvgIpc) is 2.97. The minimum atomic E-state index is -0.248. The highest BCUT2D eigenvalue weighted by Crippen LogP contribution is 2.27. The van der Waals surface area contributed by atoms with Gasteiger partial charge in [0, 0.05) is 10.2 Å². The molecule has 0 spiro atoms. The molecule has 0 fully saturated rings. The third kappa shape index (κ3) is 3.70. The highest BCUT2D eigenvalue weighted by Gasteiger charge is 2.16. The van der Waals surface area contributed by atoms with Crippen molar-refractivity contribution in [2.45, 2.75) is 6.92 Å². The van der Waals surface area contributed by atoms with E-state index in [0.717, 1.165) is 15.9 Å². The van der Waals surface area contributed by atoms with Crippen molar-refractivity contribution in [2.75, 3.05) is 12.4 Å². The molecular formula is C18H15BrClN3O2. The maximum absolute atomic E-state index is 12.6. The van der Waals surface area contributed by atoms with Crippen molar-refractivity contribution < 1.29 is 9.53 Å². The molecule has 3 rings (SSSR count). The number of carbonyl (C=O) groups excluding carboxylic acids is 1. The third-order valence-corrected chi connectivity index (χ3v) is 4.56. The van der Waals surface area contributed by atoms with Gasteiger partial charge in [-0.3, -0.25) is 4.79 Å². The van der Waals surface area contributed by atoms with E-state index >= 15 is 0 Å². The van der Waals surface area contributed by atoms with Crippen molar-refractivity contribution in [1.29, 1.82) is 0 Å². The molecule has 128 valence electrons. The fourth-order valence-corrected chi connectivity index (χ4v) is 2.94. The molecule has 1 amide bonds. The van der Waals surface area contributed by atoms with Gasteiger partial charge in [-0.1, -0.05) is 27.5 Å². The Balaban J connectivity index is 1.83. The Morgan fingerprint density at radius 1 is 1.24 bits per heavy atom. The van der Waals surface area contributed by atoms with Crippen LogP contribution in [0.2, 0.25) is 5.02 Å². The molecule has 0 bridgehead atoms. The van der Waals surface area contributed by atoms with Gasteiger partial charge in [-0.05, 0) is 49.4 Å². The van der Waals surface area contributed by atoms with Crippen LogP contribution in [0.5, 0.6) is 5.75 Å². The molecule has 0 aliphatic carbocycles. The number of amides is 1. The topological polar surface area (TPSA) is 56.1 Å². The molecule has 2 aromatic carbocycles. The van der Waals surface area contributed by atoms with E-state index in [0.29, 0.717) is 22.0 Å². The molecular weight excluding hydrogens is 406 g/mol. The van der Waals surface area contributed by atoms with Crippen LogP contribution in [0.4, 0.5) is 5.69 Å². The van der Waals surface area contributed by atoms with Crippen LogP contribution in [-0.2, 0) is 0 Å². The number of hydrogen-bond donors (Lipinski definition) is 1. The van der Waals surface area contributed by atoms with Gasteiger partial charge < -0.3 is 10.1 Å². The normalized spacial score (nSPS) is 10.6. The first-order valence-corrected chi connectivity index (χ1v) is 8.62. The number of benzene rings is 2. The summed E-state index contributed by atoms with van der Waals surface area (Å²) in [5.74, 6) is 0.306. The average molecular weight is 421 g/mol. The van der Waals surface area contributed by atoms with E-state index in [2.05, 4.69) is 26.3 Å². The lowest BCUT2D eigenvalue weighted by Crippen LogP contribution is -2.13. The number of hydrogen-bond acceptors (Lipinski definition) is 3. The van der Waals surface area contributed by atoms with Crippen LogP contribution in [0, 0.1) is 6.92 Å². The van der Waals surface area contributed by atoms with Crippen LogP contribution in [0.1, 0.15) is 16.1 Å². The first-order chi connectivity index (χ1) is 12.0. The zero-order valence-electron chi connectivity index (χ0n) is 13.6. The van der Waals surface area contributed by atoms with E-state index in [1.807, 2.05) is 31.2 Å². The van der Waals surface area contributed by atoms with Crippen LogP contribution in [0.25, 0.3) is 5.69 Å². The van der Waals surface area contributed by atoms with Gasteiger partial charge in [0.1, 0.15) is 5.75 Å². The zero-order valence-corrected chi connectivity index (χ0v) is 15.9. The molecule has 1 aromatic heterocycles. The summed E-state index contributed by atoms with van der Waals surface area (Å²) in [5, 5.41) is 7.58. The van der Waals surface area contributed by atoms with E-state index in [-0.39, 0.29) is 5.91 Å². The van der Waals surface area contributed by atoms with Crippen LogP contribution in [-0.4, -0.2) is 22.8 Å². The molecule has 0 aliphatic heterocycles. The Hall–Kier alpha value is -2.31. The second-order valence-electron chi connectivity index (χ2n) is 5.34. The van der Waals surface area contributed by atoms with Gasteiger partial charge in [0.15, 0.2) is 0 Å². The number of nitrogens with one attached hydrogen (secondary N) is 1. The van der Waals surface area contributed by atoms with Gasteiger partial charge in [-0.2, -0.15) is 5.10 Å². The smallest absolute Gasteiger partial charge is 0.259 e. The van der Waals surface area contributed by atoms with Crippen molar-refractivity contribution in [3.05, 3.63) is 69.4 Å². The zero-order chi connectivity index (χ0) is 18.0. The summed E-state index contributed by atoms with van der Waals surface area (Å²) in [4.78, 5) is 12.6. The van der Waals surface area contributed by atoms with Gasteiger partial charge in [-0.25, -0.2) is 4.68 Å². The Morgan fingerprint density at radius 3 is 2.60 bits per heavy atom. The summed E-state index contributed by atoms with van der Waals surface area (Å²) in [7, 11) is 1.54. The molecule has 7 heteroatoms. The summed E-state index contributed by atoms with van der Waals surface area (Å²) in [6, 6.07) is 12.8. The lowest BCUT2D eigenvalue weighted by molar-refractivity contribution is 0.102. The van der Waals surface area contributed by atoms with Gasteiger partial charge in [-0.15, -0.1) is 0 Å². The maximum Gasteiger partial charge on any atom is 0.259 e. The van der Waals surface area contributed by atoms with Gasteiger partial charge in [0.05, 0.1) is 35.3 Å². The first-order valence-electron chi connectivity index (χ1n) is 7.45. The van der Waals surface area contributed by atoms with Gasteiger partial charge in [0.25, 0.3) is 5.91 Å². The summed E-state index contributed by atoms with van der Waals surface area (Å²) in [6.07, 6.45) is 1.55. The van der Waals surface area contributed by atoms with E-state index in [1.165, 1.54) is 0 Å². The maximum atomic E-state index is 12.6. The number of methoxy groups -OCH3 is 1. The summed E-state index contributed by atoms with van der Waals surface area (Å²) in [6.45, 7) is 1.85. The molecule has 0 radical (unpaired) electrons. The number of anilines is 1. The molecule has 0 atom stereocenters. The second kappa shape index (κ2) is 7.29. The number of halogens is 2. The van der Waals surface area contributed by atoms with Crippen LogP contribution >= 0.6 is 27.5 Å². The van der Waals surface area contributed by atoms with Crippen LogP contribution < -0.4 is 10.1 Å². The van der Waals surface area contributed by atoms with Crippen molar-refractivity contribution in [2.24, 2.45) is 0 Å². The SMILES string of the molecule is COc1ccc(NC(=O)c2cnn(-c3ccc(Br)cc3)c2C)cc1Cl. The lowest BCUT2D eigenvalue weighted by Gasteiger charge is -2.08. The predicted octanol–water partition coefficient (Wildman–Crippen LogP) is 4.86. The third-order valence-electron chi connectivity index (χ3n) is 3.74. The Labute approximate surface area is 158 Å². The Morgan fingerprint density at radius 2 is 1.96 bits per heavy atom. The highest BCUT2D eigenvalue weighted by molar-refractivity contribution is 9.10. The molecule has 25 heavy (non-hydrogen) atoms. The van der Waals surface area contributed by atoms with E-state index < -0.39 is 0 Å². The molecule has 0 saturated carbocycles. The van der Waals surface area contributed by atoms with Crippen molar-refractivity contribution in [3.63, 3.8) is 0 Å². The van der Waals surface area contributed by atoms with E-state index in [9.17, 15) is 4.79 Å². The number of aromatic nitrogens is 2. The molecule has 1 heterocycles. The Bertz CT molecular complexity index is 923. The second-order valence-corrected chi connectivity index (χ2v) is 6.66. The highest BCUT2D eigenvalue weighted by atomic mass is 79.9. The van der Waals surface area contributed by atoms with Crippen molar-refractivity contribution in [3.8, 4) is 11.4 Å². The largest absolute Gasteiger partial charge is 0.495 e. The molecule has 1 N–H and O–H groups in total. The van der Waals surface area contributed by atoms with Crippen molar-refractivity contribution in [1.82, 2.24) is 9.78 Å². The lowest BCUT2D eigenvalue weighted by atomic mass is 10.2. The fraction of sp³-hybridized carbons (Fsp3) is 0.111. The molecule has 5 nitrogen and oxygen atoms in total. The minimum absolute atomic E-state index is 0.248. The standard InChI is InChI=1S/C18H15BrClN3O2/c1-11-15(10-21-23(11)14-6-3-12(19)4-7-14)18(24)22-13-5-8-17(25-2)16(20)9-13/h3-10H,1-2H3,(H,22,24). The fourth-order valence-electron chi connectivity index (χ4n) is 2.42. The monoisotopic (exact) mass is 419 g/mol. The van der Waals surface area contributed by atoms with Gasteiger partial charge in [0.2, 0.25) is 0 Å².